The van der Waals surface area contributed by atoms with Gasteiger partial charge in [0.15, 0.2) is 0 Å². The summed E-state index contributed by atoms with van der Waals surface area (Å²) >= 11 is 0. The van der Waals surface area contributed by atoms with Crippen molar-refractivity contribution < 1.29 is 29.8 Å². The number of likely N-dealkylation sites (tertiary alicyclic amines) is 1. The molecule has 1 aliphatic heterocycles. The lowest BCUT2D eigenvalue weighted by molar-refractivity contribution is -0.144. The maximum Gasteiger partial charge on any atom is 0.277 e. The summed E-state index contributed by atoms with van der Waals surface area (Å²) in [6.07, 6.45) is 6.92. The predicted molar refractivity (Wildman–Crippen MR) is 108 cm³/mol. The van der Waals surface area contributed by atoms with Crippen molar-refractivity contribution in [3.8, 4) is 0 Å². The number of carbonyl (C=O) groups excluding carboxylic acids is 3. The van der Waals surface area contributed by atoms with Crippen molar-refractivity contribution in [2.45, 2.75) is 70.8 Å². The summed E-state index contributed by atoms with van der Waals surface area (Å²) in [7, 11) is 0. The van der Waals surface area contributed by atoms with Gasteiger partial charge in [0.1, 0.15) is 11.9 Å². The van der Waals surface area contributed by atoms with Crippen LogP contribution in [0, 0.1) is 16.7 Å². The van der Waals surface area contributed by atoms with Crippen LogP contribution in [0.1, 0.15) is 64.7 Å². The third-order valence-electron chi connectivity index (χ3n) is 6.10. The first-order valence-corrected chi connectivity index (χ1v) is 10.4. The minimum Gasteiger partial charge on any atom is -0.481 e. The molecule has 1 aliphatic carbocycles. The SMILES string of the molecule is CCCC[C@H](CC(=O)NO)C(=O)N1CC2(CCCC2)C[C@H]1C(=O)NC(=N)C=C(O)O. The fourth-order valence-electron chi connectivity index (χ4n) is 4.66. The molecule has 2 atom stereocenters. The molecule has 0 bridgehead atoms. The van der Waals surface area contributed by atoms with E-state index in [2.05, 4.69) is 5.32 Å². The molecule has 2 fully saturated rings. The highest BCUT2D eigenvalue weighted by Gasteiger charge is 2.50. The molecule has 1 saturated heterocycles. The summed E-state index contributed by atoms with van der Waals surface area (Å²) in [4.78, 5) is 39.4. The molecule has 1 spiro atoms. The molecule has 0 radical (unpaired) electrons. The van der Waals surface area contributed by atoms with E-state index in [1.54, 1.807) is 5.48 Å². The van der Waals surface area contributed by atoms with Gasteiger partial charge < -0.3 is 20.4 Å². The Morgan fingerprint density at radius 1 is 1.27 bits per heavy atom. The van der Waals surface area contributed by atoms with E-state index in [9.17, 15) is 14.4 Å². The molecule has 168 valence electrons. The van der Waals surface area contributed by atoms with E-state index in [4.69, 9.17) is 20.8 Å². The number of amides is 3. The zero-order chi connectivity index (χ0) is 22.3. The highest BCUT2D eigenvalue weighted by Crippen LogP contribution is 2.48. The Bertz CT molecular complexity index is 697. The van der Waals surface area contributed by atoms with Crippen LogP contribution < -0.4 is 10.8 Å². The van der Waals surface area contributed by atoms with Gasteiger partial charge in [0, 0.05) is 18.9 Å². The predicted octanol–water partition coefficient (Wildman–Crippen LogP) is 1.90. The lowest BCUT2D eigenvalue weighted by atomic mass is 9.84. The minimum atomic E-state index is -1.10. The number of unbranched alkanes of at least 4 members (excludes halogenated alkanes) is 1. The van der Waals surface area contributed by atoms with Crippen molar-refractivity contribution in [3.63, 3.8) is 0 Å². The Kier molecular flexibility index (Phi) is 8.22. The van der Waals surface area contributed by atoms with Crippen LogP contribution in [0.25, 0.3) is 0 Å². The molecule has 0 aromatic rings. The van der Waals surface area contributed by atoms with E-state index in [0.717, 1.165) is 38.5 Å². The summed E-state index contributed by atoms with van der Waals surface area (Å²) in [5, 5.41) is 36.6. The Labute approximate surface area is 175 Å². The molecule has 10 heteroatoms. The highest BCUT2D eigenvalue weighted by molar-refractivity contribution is 6.05. The van der Waals surface area contributed by atoms with Crippen molar-refractivity contribution in [1.29, 1.82) is 5.41 Å². The summed E-state index contributed by atoms with van der Waals surface area (Å²) < 4.78 is 0. The molecule has 1 heterocycles. The second-order valence-corrected chi connectivity index (χ2v) is 8.38. The topological polar surface area (TPSA) is 163 Å². The summed E-state index contributed by atoms with van der Waals surface area (Å²) in [6.45, 7) is 2.39. The molecule has 0 aromatic heterocycles. The maximum absolute atomic E-state index is 13.4. The maximum atomic E-state index is 13.4. The van der Waals surface area contributed by atoms with Crippen LogP contribution in [0.3, 0.4) is 0 Å². The van der Waals surface area contributed by atoms with Crippen molar-refractivity contribution in [3.05, 3.63) is 12.0 Å². The standard InChI is InChI=1S/C20H32N4O6/c1-2-3-6-13(9-16(25)23-30)19(29)24-12-20(7-4-5-8-20)11-14(24)18(28)22-15(21)10-17(26)27/h10,13-14,26-27,30H,2-9,11-12H2,1H3,(H,23,25)(H2,21,22,28)/t13-,14+/m1/s1. The van der Waals surface area contributed by atoms with Crippen LogP contribution in [0.5, 0.6) is 0 Å². The smallest absolute Gasteiger partial charge is 0.277 e. The van der Waals surface area contributed by atoms with Gasteiger partial charge in [-0.1, -0.05) is 32.6 Å². The molecule has 0 unspecified atom stereocenters. The van der Waals surface area contributed by atoms with Crippen molar-refractivity contribution in [2.24, 2.45) is 11.3 Å². The van der Waals surface area contributed by atoms with Crippen LogP contribution in [-0.2, 0) is 14.4 Å². The van der Waals surface area contributed by atoms with Crippen LogP contribution >= 0.6 is 0 Å². The van der Waals surface area contributed by atoms with Crippen LogP contribution in [0.2, 0.25) is 0 Å². The largest absolute Gasteiger partial charge is 0.481 e. The molecule has 3 amide bonds. The second kappa shape index (κ2) is 10.4. The molecule has 2 aliphatic rings. The lowest BCUT2D eigenvalue weighted by Crippen LogP contribution is -2.49. The zero-order valence-electron chi connectivity index (χ0n) is 17.3. The Hall–Kier alpha value is -2.62. The van der Waals surface area contributed by atoms with E-state index < -0.39 is 35.6 Å². The summed E-state index contributed by atoms with van der Waals surface area (Å²) in [5.74, 6) is -3.74. The van der Waals surface area contributed by atoms with Gasteiger partial charge in [0.25, 0.3) is 5.95 Å². The number of aliphatic hydroxyl groups excluding tert-OH is 1. The number of aliphatic hydroxyl groups is 2. The Morgan fingerprint density at radius 2 is 1.93 bits per heavy atom. The number of carbonyl (C=O) groups is 3. The number of nitrogens with one attached hydrogen (secondary N) is 3. The molecule has 10 nitrogen and oxygen atoms in total. The van der Waals surface area contributed by atoms with Gasteiger partial charge in [-0.25, -0.2) is 5.48 Å². The number of hydroxylamine groups is 1. The fraction of sp³-hybridized carbons (Fsp3) is 0.700. The summed E-state index contributed by atoms with van der Waals surface area (Å²) in [6, 6.07) is -0.800. The number of nitrogens with zero attached hydrogens (tertiary/aromatic N) is 1. The third-order valence-corrected chi connectivity index (χ3v) is 6.10. The van der Waals surface area contributed by atoms with Gasteiger partial charge in [-0.3, -0.25) is 25.0 Å². The van der Waals surface area contributed by atoms with Gasteiger partial charge in [0.2, 0.25) is 17.7 Å². The van der Waals surface area contributed by atoms with Gasteiger partial charge in [-0.05, 0) is 31.1 Å². The fourth-order valence-corrected chi connectivity index (χ4v) is 4.66. The van der Waals surface area contributed by atoms with E-state index >= 15 is 0 Å². The van der Waals surface area contributed by atoms with Crippen LogP contribution in [0.4, 0.5) is 0 Å². The van der Waals surface area contributed by atoms with Crippen molar-refractivity contribution in [2.75, 3.05) is 6.54 Å². The Morgan fingerprint density at radius 3 is 2.50 bits per heavy atom. The molecule has 2 rings (SSSR count). The number of hydrogen-bond donors (Lipinski definition) is 6. The average molecular weight is 424 g/mol. The highest BCUT2D eigenvalue weighted by atomic mass is 16.5. The molecular formula is C20H32N4O6. The monoisotopic (exact) mass is 424 g/mol. The average Bonchev–Trinajstić information content (AvgIpc) is 3.30. The first-order chi connectivity index (χ1) is 14.2. The van der Waals surface area contributed by atoms with Gasteiger partial charge in [-0.15, -0.1) is 0 Å². The van der Waals surface area contributed by atoms with Gasteiger partial charge in [-0.2, -0.15) is 0 Å². The molecule has 30 heavy (non-hydrogen) atoms. The van der Waals surface area contributed by atoms with Crippen molar-refractivity contribution >= 4 is 23.6 Å². The molecule has 1 saturated carbocycles. The lowest BCUT2D eigenvalue weighted by Gasteiger charge is -2.28. The minimum absolute atomic E-state index is 0.149. The van der Waals surface area contributed by atoms with E-state index in [1.165, 1.54) is 4.90 Å². The zero-order valence-corrected chi connectivity index (χ0v) is 17.3. The Balaban J connectivity index is 2.23. The first kappa shape index (κ1) is 23.7. The van der Waals surface area contributed by atoms with Crippen molar-refractivity contribution in [1.82, 2.24) is 15.7 Å². The molecule has 6 N–H and O–H groups in total. The molecular weight excluding hydrogens is 392 g/mol. The normalized spacial score (nSPS) is 20.6. The van der Waals surface area contributed by atoms with Crippen LogP contribution in [0.15, 0.2) is 12.0 Å². The number of rotatable bonds is 8. The van der Waals surface area contributed by atoms with Crippen LogP contribution in [-0.4, -0.2) is 56.5 Å². The van der Waals surface area contributed by atoms with Gasteiger partial charge in [0.05, 0.1) is 6.08 Å². The molecule has 0 aromatic carbocycles. The third kappa shape index (κ3) is 5.94. The summed E-state index contributed by atoms with van der Waals surface area (Å²) in [5.41, 5.74) is 1.42. The number of amidine groups is 1. The first-order valence-electron chi connectivity index (χ1n) is 10.4. The van der Waals surface area contributed by atoms with E-state index in [-0.39, 0.29) is 17.7 Å². The van der Waals surface area contributed by atoms with E-state index in [0.29, 0.717) is 25.5 Å². The van der Waals surface area contributed by atoms with Gasteiger partial charge >= 0.3 is 0 Å². The quantitative estimate of drug-likeness (QED) is 0.115. The van der Waals surface area contributed by atoms with E-state index in [1.807, 2.05) is 6.92 Å². The number of hydrogen-bond acceptors (Lipinski definition) is 7. The second-order valence-electron chi connectivity index (χ2n) is 8.38.